The van der Waals surface area contributed by atoms with Crippen molar-refractivity contribution in [3.63, 3.8) is 0 Å². The number of nitrogens with two attached hydrogens (primary N) is 1. The first-order chi connectivity index (χ1) is 29.9. The summed E-state index contributed by atoms with van der Waals surface area (Å²) in [7, 11) is 0. The highest BCUT2D eigenvalue weighted by molar-refractivity contribution is 6.34. The second-order valence-corrected chi connectivity index (χ2v) is 17.1. The maximum Gasteiger partial charge on any atom is 0.200 e. The Hall–Kier alpha value is -6.16. The average Bonchev–Trinajstić information content (AvgIpc) is 3.25. The van der Waals surface area contributed by atoms with Gasteiger partial charge in [-0.3, -0.25) is 9.59 Å². The molecule has 0 aliphatic heterocycles. The highest BCUT2D eigenvalue weighted by Crippen LogP contribution is 2.50. The van der Waals surface area contributed by atoms with Gasteiger partial charge in [-0.25, -0.2) is 0 Å². The standard InChI is InChI=1S/C52H62N2O8/c1-6-8-10-12-14-16-30-59-36-22-26-38(27-23-36)61-42-32-40(53)44-46(48(42)55)51(58)45-41(54-35-20-18-34(19-21-35)52(3,4)5)33-43(49(56)47(45)50(44)57)62-39-28-24-37(25-29-39)60-31-17-15-13-11-9-7-2/h18-29,32-33,54-56H,6-17,30-31,53H2,1-5H3. The number of hydrogen-bond acceptors (Lipinski definition) is 10. The van der Waals surface area contributed by atoms with Crippen molar-refractivity contribution < 1.29 is 38.7 Å². The SMILES string of the molecule is CCCCCCCCOc1ccc(Oc2cc(N)c3c(c2O)C(=O)c2c(Nc4ccc(C(C)(C)C)cc4)cc(Oc4ccc(OCCCCCCCC)cc4)c(O)c2C3=O)cc1. The quantitative estimate of drug-likeness (QED) is 0.0295. The molecular formula is C52H62N2O8. The molecule has 62 heavy (non-hydrogen) atoms. The zero-order valence-electron chi connectivity index (χ0n) is 36.9. The summed E-state index contributed by atoms with van der Waals surface area (Å²) >= 11 is 0. The molecule has 6 rings (SSSR count). The van der Waals surface area contributed by atoms with Gasteiger partial charge >= 0.3 is 0 Å². The van der Waals surface area contributed by atoms with Crippen molar-refractivity contribution in [3.8, 4) is 46.0 Å². The molecular weight excluding hydrogens is 781 g/mol. The number of hydrogen-bond donors (Lipinski definition) is 4. The number of nitrogen functional groups attached to an aromatic ring is 1. The fraction of sp³-hybridized carbons (Fsp3) is 0.385. The van der Waals surface area contributed by atoms with E-state index in [-0.39, 0.29) is 50.5 Å². The van der Waals surface area contributed by atoms with Gasteiger partial charge < -0.3 is 40.2 Å². The third kappa shape index (κ3) is 11.2. The lowest BCUT2D eigenvalue weighted by Gasteiger charge is -2.26. The summed E-state index contributed by atoms with van der Waals surface area (Å²) in [5, 5.41) is 26.7. The molecule has 0 fully saturated rings. The number of carbonyl (C=O) groups is 2. The smallest absolute Gasteiger partial charge is 0.200 e. The van der Waals surface area contributed by atoms with Crippen molar-refractivity contribution in [2.45, 2.75) is 117 Å². The van der Waals surface area contributed by atoms with E-state index in [1.807, 2.05) is 24.3 Å². The molecule has 328 valence electrons. The third-order valence-corrected chi connectivity index (χ3v) is 11.1. The van der Waals surface area contributed by atoms with E-state index in [1.54, 1.807) is 48.5 Å². The van der Waals surface area contributed by atoms with Crippen molar-refractivity contribution in [1.29, 1.82) is 0 Å². The van der Waals surface area contributed by atoms with Gasteiger partial charge in [0.05, 0.1) is 41.2 Å². The zero-order valence-corrected chi connectivity index (χ0v) is 36.9. The van der Waals surface area contributed by atoms with Crippen LogP contribution in [0.5, 0.6) is 46.0 Å². The number of rotatable bonds is 22. The molecule has 0 atom stereocenters. The summed E-state index contributed by atoms with van der Waals surface area (Å²) < 4.78 is 24.1. The van der Waals surface area contributed by atoms with Gasteiger partial charge in [0.2, 0.25) is 11.6 Å². The number of carbonyl (C=O) groups excluding carboxylic acids is 2. The topological polar surface area (TPSA) is 150 Å². The first kappa shape index (κ1) is 45.4. The summed E-state index contributed by atoms with van der Waals surface area (Å²) in [6, 6.07) is 24.4. The molecule has 10 nitrogen and oxygen atoms in total. The van der Waals surface area contributed by atoms with E-state index in [1.165, 1.54) is 63.5 Å². The second-order valence-electron chi connectivity index (χ2n) is 17.1. The molecule has 0 saturated heterocycles. The molecule has 0 unspecified atom stereocenters. The Morgan fingerprint density at radius 2 is 0.952 bits per heavy atom. The van der Waals surface area contributed by atoms with Gasteiger partial charge in [-0.2, -0.15) is 0 Å². The Balaban J connectivity index is 1.26. The molecule has 0 heterocycles. The summed E-state index contributed by atoms with van der Waals surface area (Å²) in [5.41, 5.74) is 7.16. The summed E-state index contributed by atoms with van der Waals surface area (Å²) in [5.74, 6) is -0.662. The third-order valence-electron chi connectivity index (χ3n) is 11.1. The van der Waals surface area contributed by atoms with Crippen LogP contribution >= 0.6 is 0 Å². The minimum absolute atomic E-state index is 0.0648. The van der Waals surface area contributed by atoms with E-state index >= 15 is 0 Å². The van der Waals surface area contributed by atoms with Crippen molar-refractivity contribution in [1.82, 2.24) is 0 Å². The van der Waals surface area contributed by atoms with Gasteiger partial charge in [-0.05, 0) is 84.5 Å². The summed E-state index contributed by atoms with van der Waals surface area (Å²) in [6.45, 7) is 12.0. The Kier molecular flexibility index (Phi) is 15.4. The number of benzene rings is 5. The number of aromatic hydroxyl groups is 2. The number of phenolic OH excluding ortho intramolecular Hbond substituents is 2. The molecule has 0 amide bonds. The maximum atomic E-state index is 14.7. The van der Waals surface area contributed by atoms with Crippen molar-refractivity contribution in [2.75, 3.05) is 24.3 Å². The van der Waals surface area contributed by atoms with Gasteiger partial charge in [0.15, 0.2) is 23.0 Å². The minimum Gasteiger partial charge on any atom is -0.504 e. The van der Waals surface area contributed by atoms with Gasteiger partial charge in [0.1, 0.15) is 23.0 Å². The molecule has 1 aliphatic rings. The van der Waals surface area contributed by atoms with Crippen LogP contribution in [0.25, 0.3) is 0 Å². The Morgan fingerprint density at radius 1 is 0.532 bits per heavy atom. The first-order valence-corrected chi connectivity index (χ1v) is 22.2. The van der Waals surface area contributed by atoms with Crippen LogP contribution in [0.1, 0.15) is 149 Å². The van der Waals surface area contributed by atoms with Crippen LogP contribution in [-0.4, -0.2) is 35.0 Å². The monoisotopic (exact) mass is 842 g/mol. The fourth-order valence-electron chi connectivity index (χ4n) is 7.56. The van der Waals surface area contributed by atoms with Crippen LogP contribution in [0.4, 0.5) is 17.1 Å². The van der Waals surface area contributed by atoms with E-state index in [0.29, 0.717) is 41.9 Å². The fourth-order valence-corrected chi connectivity index (χ4v) is 7.56. The van der Waals surface area contributed by atoms with E-state index in [2.05, 4.69) is 39.9 Å². The number of ether oxygens (including phenoxy) is 4. The van der Waals surface area contributed by atoms with E-state index in [4.69, 9.17) is 24.7 Å². The molecule has 5 aromatic carbocycles. The lowest BCUT2D eigenvalue weighted by atomic mass is 9.81. The second kappa shape index (κ2) is 21.1. The van der Waals surface area contributed by atoms with Crippen molar-refractivity contribution in [2.24, 2.45) is 0 Å². The number of ketones is 2. The normalized spacial score (nSPS) is 12.1. The maximum absolute atomic E-state index is 14.7. The lowest BCUT2D eigenvalue weighted by molar-refractivity contribution is 0.0974. The predicted molar refractivity (Wildman–Crippen MR) is 247 cm³/mol. The first-order valence-electron chi connectivity index (χ1n) is 22.2. The molecule has 1 aliphatic carbocycles. The largest absolute Gasteiger partial charge is 0.504 e. The minimum atomic E-state index is -0.756. The molecule has 10 heteroatoms. The average molecular weight is 843 g/mol. The number of fused-ring (bicyclic) bond motifs is 2. The van der Waals surface area contributed by atoms with Gasteiger partial charge in [0.25, 0.3) is 0 Å². The molecule has 5 aromatic rings. The molecule has 0 radical (unpaired) electrons. The number of phenols is 2. The Morgan fingerprint density at radius 3 is 1.44 bits per heavy atom. The van der Waals surface area contributed by atoms with E-state index in [9.17, 15) is 19.8 Å². The molecule has 5 N–H and O–H groups in total. The number of unbranched alkanes of at least 4 members (excludes halogenated alkanes) is 10. The van der Waals surface area contributed by atoms with Gasteiger partial charge in [-0.15, -0.1) is 0 Å². The van der Waals surface area contributed by atoms with Crippen LogP contribution in [0.2, 0.25) is 0 Å². The van der Waals surface area contributed by atoms with Crippen LogP contribution in [0.15, 0.2) is 84.9 Å². The van der Waals surface area contributed by atoms with Gasteiger partial charge in [-0.1, -0.05) is 111 Å². The highest BCUT2D eigenvalue weighted by Gasteiger charge is 2.40. The van der Waals surface area contributed by atoms with Crippen LogP contribution < -0.4 is 30.0 Å². The lowest BCUT2D eigenvalue weighted by Crippen LogP contribution is -2.24. The summed E-state index contributed by atoms with van der Waals surface area (Å²) in [6.07, 6.45) is 14.0. The number of anilines is 3. The molecule has 0 saturated carbocycles. The molecule has 0 spiro atoms. The summed E-state index contributed by atoms with van der Waals surface area (Å²) in [4.78, 5) is 29.1. The van der Waals surface area contributed by atoms with Crippen LogP contribution in [0, 0.1) is 0 Å². The van der Waals surface area contributed by atoms with Crippen molar-refractivity contribution in [3.05, 3.63) is 113 Å². The number of nitrogens with one attached hydrogen (secondary N) is 1. The van der Waals surface area contributed by atoms with Crippen LogP contribution in [0.3, 0.4) is 0 Å². The molecule has 0 aromatic heterocycles. The predicted octanol–water partition coefficient (Wildman–Crippen LogP) is 13.6. The zero-order chi connectivity index (χ0) is 44.2. The Labute approximate surface area is 366 Å². The van der Waals surface area contributed by atoms with E-state index < -0.39 is 23.1 Å². The van der Waals surface area contributed by atoms with E-state index in [0.717, 1.165) is 31.2 Å². The van der Waals surface area contributed by atoms with Gasteiger partial charge in [0, 0.05) is 23.5 Å². The molecule has 0 bridgehead atoms. The Bertz CT molecular complexity index is 2300. The van der Waals surface area contributed by atoms with Crippen molar-refractivity contribution >= 4 is 28.6 Å². The highest BCUT2D eigenvalue weighted by atomic mass is 16.5. The van der Waals surface area contributed by atoms with Crippen LogP contribution in [-0.2, 0) is 5.41 Å².